The number of imide groups is 1. The molecule has 3 amide bonds. The number of carbonyl (C=O) groups excluding carboxylic acids is 2. The molecule has 0 aliphatic heterocycles. The van der Waals surface area contributed by atoms with E-state index in [-0.39, 0.29) is 11.9 Å². The minimum atomic E-state index is -0.431. The number of hydrogen-bond acceptors (Lipinski definition) is 8. The number of amides is 3. The molecule has 0 bridgehead atoms. The molecule has 1 aromatic rings. The molecular formula is C14H23N5O3S2. The summed E-state index contributed by atoms with van der Waals surface area (Å²) in [6.45, 7) is 2.96. The molecule has 2 rings (SSSR count). The molecule has 1 heterocycles. The van der Waals surface area contributed by atoms with Crippen LogP contribution in [-0.2, 0) is 9.53 Å². The molecule has 1 atom stereocenters. The number of hydrogen-bond donors (Lipinski definition) is 3. The summed E-state index contributed by atoms with van der Waals surface area (Å²) in [5.74, 6) is -0.334. The molecule has 1 aliphatic rings. The number of aromatic nitrogens is 2. The van der Waals surface area contributed by atoms with E-state index in [1.165, 1.54) is 23.1 Å². The molecular weight excluding hydrogens is 350 g/mol. The van der Waals surface area contributed by atoms with Crippen LogP contribution < -0.4 is 16.0 Å². The Morgan fingerprint density at radius 1 is 1.38 bits per heavy atom. The number of methoxy groups -OCH3 is 1. The Kier molecular flexibility index (Phi) is 7.73. The van der Waals surface area contributed by atoms with Gasteiger partial charge in [0.1, 0.15) is 0 Å². The van der Waals surface area contributed by atoms with Crippen LogP contribution >= 0.6 is 23.1 Å². The first-order valence-electron chi connectivity index (χ1n) is 7.93. The maximum atomic E-state index is 12.1. The second kappa shape index (κ2) is 9.80. The highest BCUT2D eigenvalue weighted by molar-refractivity contribution is 8.02. The quantitative estimate of drug-likeness (QED) is 0.472. The number of carbonyl (C=O) groups is 2. The van der Waals surface area contributed by atoms with Gasteiger partial charge in [0.05, 0.1) is 11.9 Å². The average Bonchev–Trinajstić information content (AvgIpc) is 3.19. The highest BCUT2D eigenvalue weighted by atomic mass is 32.2. The topological polar surface area (TPSA) is 105 Å². The van der Waals surface area contributed by atoms with Gasteiger partial charge in [-0.1, -0.05) is 35.9 Å². The van der Waals surface area contributed by atoms with Crippen molar-refractivity contribution in [1.82, 2.24) is 20.8 Å². The van der Waals surface area contributed by atoms with Crippen LogP contribution in [0.4, 0.5) is 9.93 Å². The highest BCUT2D eigenvalue weighted by Crippen LogP contribution is 2.28. The number of rotatable bonds is 8. The fourth-order valence-corrected chi connectivity index (χ4v) is 4.22. The van der Waals surface area contributed by atoms with Crippen LogP contribution in [0, 0.1) is 0 Å². The van der Waals surface area contributed by atoms with Crippen LogP contribution in [0.3, 0.4) is 0 Å². The number of thioether (sulfide) groups is 1. The van der Waals surface area contributed by atoms with Crippen molar-refractivity contribution >= 4 is 40.2 Å². The summed E-state index contributed by atoms with van der Waals surface area (Å²) in [6.07, 6.45) is 4.22. The van der Waals surface area contributed by atoms with Crippen molar-refractivity contribution in [2.75, 3.05) is 25.6 Å². The Balaban J connectivity index is 1.73. The Bertz CT molecular complexity index is 548. The van der Waals surface area contributed by atoms with Crippen LogP contribution in [0.1, 0.15) is 32.6 Å². The molecule has 1 saturated carbocycles. The SMILES string of the molecule is COCCNc1nnc(S[C@H](C)C(=O)NC(=O)NC2CCCC2)s1. The van der Waals surface area contributed by atoms with Gasteiger partial charge in [-0.2, -0.15) is 0 Å². The molecule has 0 saturated heterocycles. The van der Waals surface area contributed by atoms with Gasteiger partial charge in [-0.25, -0.2) is 4.79 Å². The Morgan fingerprint density at radius 3 is 2.83 bits per heavy atom. The third-order valence-electron chi connectivity index (χ3n) is 3.56. The second-order valence-corrected chi connectivity index (χ2v) is 8.06. The highest BCUT2D eigenvalue weighted by Gasteiger charge is 2.22. The molecule has 10 heteroatoms. The Hall–Kier alpha value is -1.39. The Labute approximate surface area is 149 Å². The summed E-state index contributed by atoms with van der Waals surface area (Å²) in [5, 5.41) is 16.6. The third kappa shape index (κ3) is 6.25. The van der Waals surface area contributed by atoms with Crippen LogP contribution in [0.25, 0.3) is 0 Å². The lowest BCUT2D eigenvalue weighted by atomic mass is 10.2. The minimum absolute atomic E-state index is 0.185. The van der Waals surface area contributed by atoms with Crippen molar-refractivity contribution in [1.29, 1.82) is 0 Å². The average molecular weight is 374 g/mol. The van der Waals surface area contributed by atoms with E-state index in [0.29, 0.717) is 22.6 Å². The summed E-state index contributed by atoms with van der Waals surface area (Å²) >= 11 is 2.65. The summed E-state index contributed by atoms with van der Waals surface area (Å²) in [7, 11) is 1.63. The molecule has 0 unspecified atom stereocenters. The summed E-state index contributed by atoms with van der Waals surface area (Å²) in [4.78, 5) is 23.9. The number of nitrogens with one attached hydrogen (secondary N) is 3. The van der Waals surface area contributed by atoms with Crippen molar-refractivity contribution < 1.29 is 14.3 Å². The molecule has 0 aromatic carbocycles. The maximum absolute atomic E-state index is 12.1. The largest absolute Gasteiger partial charge is 0.383 e. The van der Waals surface area contributed by atoms with E-state index in [9.17, 15) is 9.59 Å². The first kappa shape index (κ1) is 18.9. The Morgan fingerprint density at radius 2 is 2.12 bits per heavy atom. The van der Waals surface area contributed by atoms with Gasteiger partial charge in [0, 0.05) is 19.7 Å². The van der Waals surface area contributed by atoms with E-state index in [2.05, 4.69) is 26.1 Å². The van der Waals surface area contributed by atoms with E-state index in [0.717, 1.165) is 25.7 Å². The molecule has 8 nitrogen and oxygen atoms in total. The van der Waals surface area contributed by atoms with Crippen molar-refractivity contribution in [2.24, 2.45) is 0 Å². The van der Waals surface area contributed by atoms with Crippen LogP contribution in [0.15, 0.2) is 4.34 Å². The van der Waals surface area contributed by atoms with Crippen molar-refractivity contribution in [3.63, 3.8) is 0 Å². The van der Waals surface area contributed by atoms with Crippen LogP contribution in [0.2, 0.25) is 0 Å². The van der Waals surface area contributed by atoms with Crippen LogP contribution in [0.5, 0.6) is 0 Å². The number of nitrogens with zero attached hydrogens (tertiary/aromatic N) is 2. The van der Waals surface area contributed by atoms with E-state index in [1.807, 2.05) is 0 Å². The van der Waals surface area contributed by atoms with Gasteiger partial charge in [-0.3, -0.25) is 10.1 Å². The number of ether oxygens (including phenoxy) is 1. The first-order chi connectivity index (χ1) is 11.6. The van der Waals surface area contributed by atoms with Gasteiger partial charge in [-0.15, -0.1) is 10.2 Å². The smallest absolute Gasteiger partial charge is 0.321 e. The predicted molar refractivity (Wildman–Crippen MR) is 94.5 cm³/mol. The third-order valence-corrected chi connectivity index (χ3v) is 5.63. The van der Waals surface area contributed by atoms with Gasteiger partial charge in [-0.05, 0) is 19.8 Å². The number of urea groups is 1. The maximum Gasteiger partial charge on any atom is 0.321 e. The zero-order chi connectivity index (χ0) is 17.4. The van der Waals surface area contributed by atoms with E-state index in [4.69, 9.17) is 4.74 Å². The summed E-state index contributed by atoms with van der Waals surface area (Å²) in [6, 6.07) is -0.233. The number of anilines is 1. The first-order valence-corrected chi connectivity index (χ1v) is 9.62. The van der Waals surface area contributed by atoms with Crippen molar-refractivity contribution in [3.05, 3.63) is 0 Å². The molecule has 1 fully saturated rings. The predicted octanol–water partition coefficient (Wildman–Crippen LogP) is 1.85. The lowest BCUT2D eigenvalue weighted by Crippen LogP contribution is -2.45. The van der Waals surface area contributed by atoms with E-state index in [1.54, 1.807) is 14.0 Å². The van der Waals surface area contributed by atoms with Gasteiger partial charge < -0.3 is 15.4 Å². The fraction of sp³-hybridized carbons (Fsp3) is 0.714. The van der Waals surface area contributed by atoms with Gasteiger partial charge in [0.2, 0.25) is 11.0 Å². The molecule has 0 radical (unpaired) electrons. The fourth-order valence-electron chi connectivity index (χ4n) is 2.30. The molecule has 0 spiro atoms. The monoisotopic (exact) mass is 373 g/mol. The zero-order valence-electron chi connectivity index (χ0n) is 13.8. The molecule has 1 aromatic heterocycles. The van der Waals surface area contributed by atoms with Gasteiger partial charge >= 0.3 is 6.03 Å². The zero-order valence-corrected chi connectivity index (χ0v) is 15.5. The summed E-state index contributed by atoms with van der Waals surface area (Å²) in [5.41, 5.74) is 0. The molecule has 24 heavy (non-hydrogen) atoms. The van der Waals surface area contributed by atoms with Crippen LogP contribution in [-0.4, -0.2) is 53.7 Å². The molecule has 1 aliphatic carbocycles. The van der Waals surface area contributed by atoms with Gasteiger partial charge in [0.25, 0.3) is 0 Å². The van der Waals surface area contributed by atoms with E-state index >= 15 is 0 Å². The van der Waals surface area contributed by atoms with E-state index < -0.39 is 11.3 Å². The van der Waals surface area contributed by atoms with Crippen molar-refractivity contribution in [3.8, 4) is 0 Å². The molecule has 3 N–H and O–H groups in total. The summed E-state index contributed by atoms with van der Waals surface area (Å²) < 4.78 is 5.62. The molecule has 134 valence electrons. The second-order valence-electron chi connectivity index (χ2n) is 5.50. The minimum Gasteiger partial charge on any atom is -0.383 e. The lowest BCUT2D eigenvalue weighted by Gasteiger charge is -2.14. The normalized spacial score (nSPS) is 15.9. The van der Waals surface area contributed by atoms with Crippen molar-refractivity contribution in [2.45, 2.75) is 48.2 Å². The standard InChI is InChI=1S/C14H23N5O3S2/c1-9(11(20)17-12(21)16-10-5-3-4-6-10)23-14-19-18-13(24-14)15-7-8-22-2/h9-10H,3-8H2,1-2H3,(H,15,18)(H2,16,17,20,21)/t9-/m1/s1. The van der Waals surface area contributed by atoms with Gasteiger partial charge in [0.15, 0.2) is 4.34 Å². The lowest BCUT2D eigenvalue weighted by molar-refractivity contribution is -0.119.